The predicted molar refractivity (Wildman–Crippen MR) is 181 cm³/mol. The summed E-state index contributed by atoms with van der Waals surface area (Å²) in [6.45, 7) is 5.82. The van der Waals surface area contributed by atoms with Crippen molar-refractivity contribution in [3.05, 3.63) is 71.8 Å². The summed E-state index contributed by atoms with van der Waals surface area (Å²) in [6, 6.07) is 8.47. The van der Waals surface area contributed by atoms with Gasteiger partial charge >= 0.3 is 5.97 Å². The highest BCUT2D eigenvalue weighted by molar-refractivity contribution is 6.20. The molecule has 1 saturated heterocycles. The van der Waals surface area contributed by atoms with Crippen LogP contribution < -0.4 is 16.4 Å². The lowest BCUT2D eigenvalue weighted by atomic mass is 9.76. The van der Waals surface area contributed by atoms with E-state index in [1.807, 2.05) is 30.3 Å². The monoisotopic (exact) mass is 689 g/mol. The smallest absolute Gasteiger partial charge is 0.326 e. The Hall–Kier alpha value is -4.83. The number of hydrogen-bond donors (Lipinski definition) is 6. The van der Waals surface area contributed by atoms with Crippen LogP contribution in [0.5, 0.6) is 0 Å². The van der Waals surface area contributed by atoms with Gasteiger partial charge in [0.25, 0.3) is 0 Å². The molecule has 2 aliphatic rings. The molecule has 3 aromatic rings. The van der Waals surface area contributed by atoms with E-state index in [0.29, 0.717) is 36.2 Å². The molecule has 1 aromatic carbocycles. The predicted octanol–water partition coefficient (Wildman–Crippen LogP) is 1.61. The van der Waals surface area contributed by atoms with Gasteiger partial charge in [0.2, 0.25) is 5.91 Å². The van der Waals surface area contributed by atoms with E-state index < -0.39 is 47.9 Å². The largest absolute Gasteiger partial charge is 0.480 e. The first-order valence-electron chi connectivity index (χ1n) is 16.5. The average Bonchev–Trinajstić information content (AvgIpc) is 3.61. The number of ether oxygens (including phenoxy) is 1. The van der Waals surface area contributed by atoms with Crippen molar-refractivity contribution in [2.24, 2.45) is 11.3 Å². The lowest BCUT2D eigenvalue weighted by Gasteiger charge is -2.28. The van der Waals surface area contributed by atoms with Crippen molar-refractivity contribution < 1.29 is 39.2 Å². The molecule has 7 N–H and O–H groups in total. The van der Waals surface area contributed by atoms with Crippen molar-refractivity contribution >= 4 is 40.4 Å². The van der Waals surface area contributed by atoms with Crippen LogP contribution in [0.25, 0.3) is 11.2 Å². The summed E-state index contributed by atoms with van der Waals surface area (Å²) in [6.07, 6.45) is 1.16. The number of benzene rings is 1. The van der Waals surface area contributed by atoms with Crippen LogP contribution in [-0.4, -0.2) is 89.2 Å². The molecule has 15 heteroatoms. The highest BCUT2D eigenvalue weighted by atomic mass is 16.6. The Labute approximate surface area is 288 Å². The van der Waals surface area contributed by atoms with Gasteiger partial charge in [0, 0.05) is 29.5 Å². The fraction of sp³-hybridized carbons (Fsp3) is 0.457. The van der Waals surface area contributed by atoms with Crippen LogP contribution in [0.2, 0.25) is 0 Å². The van der Waals surface area contributed by atoms with Crippen LogP contribution in [-0.2, 0) is 30.5 Å². The molecule has 0 bridgehead atoms. The Morgan fingerprint density at radius 1 is 1.04 bits per heavy atom. The molecular weight excluding hydrogens is 646 g/mol. The summed E-state index contributed by atoms with van der Waals surface area (Å²) in [5.41, 5.74) is 7.11. The fourth-order valence-electron chi connectivity index (χ4n) is 6.45. The molecule has 3 heterocycles. The van der Waals surface area contributed by atoms with Crippen LogP contribution >= 0.6 is 0 Å². The minimum atomic E-state index is -1.32. The Balaban J connectivity index is 1.26. The molecule has 5 rings (SSSR count). The number of nitrogen functional groups attached to an aromatic ring is 1. The minimum absolute atomic E-state index is 0.0540. The van der Waals surface area contributed by atoms with Gasteiger partial charge in [-0.1, -0.05) is 44.2 Å². The van der Waals surface area contributed by atoms with Gasteiger partial charge < -0.3 is 36.4 Å². The van der Waals surface area contributed by atoms with Crippen molar-refractivity contribution in [3.8, 4) is 0 Å². The van der Waals surface area contributed by atoms with Gasteiger partial charge in [-0.25, -0.2) is 19.7 Å². The van der Waals surface area contributed by atoms with E-state index in [9.17, 15) is 34.5 Å². The number of carboxylic acid groups (broad SMARTS) is 1. The Bertz CT molecular complexity index is 1800. The number of nitrogens with zero attached hydrogens (tertiary/aromatic N) is 4. The van der Waals surface area contributed by atoms with Crippen molar-refractivity contribution in [2.45, 2.75) is 83.6 Å². The average molecular weight is 690 g/mol. The molecule has 1 aliphatic carbocycles. The molecule has 6 atom stereocenters. The number of nitrogens with two attached hydrogens (primary N) is 1. The number of fused-ring (bicyclic) bond motifs is 1. The maximum absolute atomic E-state index is 13.1. The number of aliphatic hydroxyl groups is 2. The maximum atomic E-state index is 13.1. The Kier molecular flexibility index (Phi) is 11.2. The Morgan fingerprint density at radius 2 is 1.78 bits per heavy atom. The summed E-state index contributed by atoms with van der Waals surface area (Å²) < 4.78 is 7.67. The number of hydrogen-bond acceptors (Lipinski definition) is 12. The first-order chi connectivity index (χ1) is 23.7. The summed E-state index contributed by atoms with van der Waals surface area (Å²) in [5.74, 6) is -2.56. The molecule has 2 unspecified atom stereocenters. The Morgan fingerprint density at radius 3 is 2.50 bits per heavy atom. The number of ketones is 2. The number of nitrogens with one attached hydrogen (secondary N) is 2. The normalized spacial score (nSPS) is 22.3. The third-order valence-electron chi connectivity index (χ3n) is 9.27. The number of aliphatic carboxylic acids is 1. The first-order valence-corrected chi connectivity index (χ1v) is 16.5. The molecule has 2 aromatic heterocycles. The lowest BCUT2D eigenvalue weighted by molar-refractivity contribution is -0.142. The molecule has 50 heavy (non-hydrogen) atoms. The van der Waals surface area contributed by atoms with E-state index in [4.69, 9.17) is 10.5 Å². The zero-order chi connectivity index (χ0) is 36.2. The number of carbonyl (C=O) groups excluding carboxylic acids is 3. The van der Waals surface area contributed by atoms with E-state index in [0.717, 1.165) is 5.56 Å². The second kappa shape index (κ2) is 15.4. The maximum Gasteiger partial charge on any atom is 0.326 e. The second-order valence-corrected chi connectivity index (χ2v) is 13.6. The van der Waals surface area contributed by atoms with Crippen LogP contribution in [0.4, 0.5) is 5.82 Å². The number of anilines is 1. The van der Waals surface area contributed by atoms with Crippen molar-refractivity contribution in [1.82, 2.24) is 30.2 Å². The van der Waals surface area contributed by atoms with E-state index in [-0.39, 0.29) is 48.1 Å². The number of rotatable bonds is 15. The molecular formula is C35H43N7O8. The number of carboxylic acids is 1. The summed E-state index contributed by atoms with van der Waals surface area (Å²) in [4.78, 5) is 62.7. The van der Waals surface area contributed by atoms with E-state index in [2.05, 4.69) is 25.6 Å². The van der Waals surface area contributed by atoms with Gasteiger partial charge in [0.1, 0.15) is 30.1 Å². The molecule has 0 radical (unpaired) electrons. The molecule has 1 fully saturated rings. The number of amides is 1. The molecule has 0 spiro atoms. The number of allylic oxidation sites excluding steroid dienone is 4. The van der Waals surface area contributed by atoms with E-state index in [1.54, 1.807) is 20.8 Å². The minimum Gasteiger partial charge on any atom is -0.480 e. The third-order valence-corrected chi connectivity index (χ3v) is 9.27. The van der Waals surface area contributed by atoms with E-state index in [1.165, 1.54) is 29.4 Å². The third kappa shape index (κ3) is 8.30. The number of imidazole rings is 1. The standard InChI is InChI=1S/C35H43N7O8/c1-19-11-25(44)22(13-24(19)43)35(2,3)14-27(45)41-23(34(48)49)10-9-21(16-37-15-20-7-5-4-6-8-20)12-26-29(46)30(47)33(50-26)42-18-40-28-31(36)38-17-39-32(28)42/h4-8,11,13,17-18,21,23,26,29-30,33,37,46-47H,9-10,12,14-16H2,1-3H3,(H,41,45)(H,48,49)(H2,36,38,39)/t21-,23-,26+,29?,30?,33+/m0/s1. The van der Waals surface area contributed by atoms with Crippen molar-refractivity contribution in [2.75, 3.05) is 12.3 Å². The zero-order valence-corrected chi connectivity index (χ0v) is 28.2. The summed E-state index contributed by atoms with van der Waals surface area (Å²) in [7, 11) is 0. The van der Waals surface area contributed by atoms with Gasteiger partial charge in [-0.3, -0.25) is 19.0 Å². The molecule has 266 valence electrons. The highest BCUT2D eigenvalue weighted by Crippen LogP contribution is 2.36. The quantitative estimate of drug-likeness (QED) is 0.125. The van der Waals surface area contributed by atoms with Gasteiger partial charge in [-0.15, -0.1) is 0 Å². The van der Waals surface area contributed by atoms with Crippen LogP contribution in [0.3, 0.4) is 0 Å². The molecule has 15 nitrogen and oxygen atoms in total. The van der Waals surface area contributed by atoms with Crippen LogP contribution in [0.1, 0.15) is 58.2 Å². The zero-order valence-electron chi connectivity index (χ0n) is 28.2. The molecule has 1 amide bonds. The number of carbonyl (C=O) groups is 4. The highest BCUT2D eigenvalue weighted by Gasteiger charge is 2.45. The lowest BCUT2D eigenvalue weighted by Crippen LogP contribution is -2.43. The molecule has 0 saturated carbocycles. The van der Waals surface area contributed by atoms with Crippen LogP contribution in [0.15, 0.2) is 66.3 Å². The van der Waals surface area contributed by atoms with Crippen molar-refractivity contribution in [1.29, 1.82) is 0 Å². The SMILES string of the molecule is CC1=CC(=O)C(C(C)(C)CC(=O)N[C@@H](CC[C@H](CNCc2ccccc2)C[C@H]2O[C@@H](n3cnc4c(N)ncnc43)C(O)C2O)C(=O)O)=CC1=O. The van der Waals surface area contributed by atoms with Gasteiger partial charge in [-0.05, 0) is 56.4 Å². The second-order valence-electron chi connectivity index (χ2n) is 13.6. The van der Waals surface area contributed by atoms with Crippen molar-refractivity contribution in [3.63, 3.8) is 0 Å². The summed E-state index contributed by atoms with van der Waals surface area (Å²) in [5, 5.41) is 38.1. The number of aliphatic hydroxyl groups excluding tert-OH is 2. The fourth-order valence-corrected chi connectivity index (χ4v) is 6.45. The van der Waals surface area contributed by atoms with Gasteiger partial charge in [-0.2, -0.15) is 0 Å². The topological polar surface area (TPSA) is 232 Å². The number of aromatic nitrogens is 4. The van der Waals surface area contributed by atoms with Gasteiger partial charge in [0.05, 0.1) is 12.4 Å². The van der Waals surface area contributed by atoms with Crippen LogP contribution in [0, 0.1) is 11.3 Å². The van der Waals surface area contributed by atoms with E-state index >= 15 is 0 Å². The van der Waals surface area contributed by atoms with Gasteiger partial charge in [0.15, 0.2) is 29.3 Å². The molecule has 1 aliphatic heterocycles. The summed E-state index contributed by atoms with van der Waals surface area (Å²) >= 11 is 0. The first kappa shape index (κ1) is 36.5.